The molecule has 0 atom stereocenters. The molecule has 3 N–H and O–H groups in total. The van der Waals surface area contributed by atoms with Crippen LogP contribution in [0.3, 0.4) is 0 Å². The number of carbonyl (C=O) groups is 1. The van der Waals surface area contributed by atoms with Gasteiger partial charge in [0.2, 0.25) is 0 Å². The fourth-order valence-corrected chi connectivity index (χ4v) is 2.19. The van der Waals surface area contributed by atoms with E-state index in [1.807, 2.05) is 0 Å². The first-order valence-electron chi connectivity index (χ1n) is 5.43. The van der Waals surface area contributed by atoms with Gasteiger partial charge in [-0.3, -0.25) is 9.35 Å². The van der Waals surface area contributed by atoms with Crippen LogP contribution in [0, 0.1) is 0 Å². The quantitative estimate of drug-likeness (QED) is 0.441. The van der Waals surface area contributed by atoms with E-state index in [1.165, 1.54) is 24.3 Å². The summed E-state index contributed by atoms with van der Waals surface area (Å²) < 4.78 is 31.0. The molecule has 0 spiro atoms. The molecule has 8 heteroatoms. The van der Waals surface area contributed by atoms with E-state index in [9.17, 15) is 18.3 Å². The summed E-state index contributed by atoms with van der Waals surface area (Å²) in [6.07, 6.45) is 0. The number of carbonyl (C=O) groups excluding carboxylic acids is 1. The minimum absolute atomic E-state index is 0. The summed E-state index contributed by atoms with van der Waals surface area (Å²) in [6.45, 7) is 0. The zero-order valence-corrected chi connectivity index (χ0v) is 10.8. The SMILES string of the molecule is O=C(c1cccc(S(=O)(=O)O)c1)c1ccc(O)cc1O.[NaH]. The molecule has 0 aliphatic carbocycles. The second kappa shape index (κ2) is 6.59. The van der Waals surface area contributed by atoms with Crippen molar-refractivity contribution in [1.29, 1.82) is 0 Å². The average molecular weight is 318 g/mol. The van der Waals surface area contributed by atoms with E-state index < -0.39 is 26.5 Å². The van der Waals surface area contributed by atoms with Crippen LogP contribution in [0.1, 0.15) is 15.9 Å². The zero-order valence-electron chi connectivity index (χ0n) is 10.0. The molecule has 0 radical (unpaired) electrons. The van der Waals surface area contributed by atoms with Crippen LogP contribution in [0.4, 0.5) is 0 Å². The standard InChI is InChI=1S/C13H10O6S.Na.H/c14-9-4-5-11(12(15)7-9)13(16)8-2-1-3-10(6-8)20(17,18)19;;/h1-7,14-15H,(H,17,18,19);;. The zero-order chi connectivity index (χ0) is 14.9. The van der Waals surface area contributed by atoms with Gasteiger partial charge in [0.05, 0.1) is 10.5 Å². The summed E-state index contributed by atoms with van der Waals surface area (Å²) in [5.41, 5.74) is -0.101. The number of hydrogen-bond donors (Lipinski definition) is 3. The van der Waals surface area contributed by atoms with Gasteiger partial charge < -0.3 is 10.2 Å². The van der Waals surface area contributed by atoms with Gasteiger partial charge in [-0.25, -0.2) is 0 Å². The number of ketones is 1. The summed E-state index contributed by atoms with van der Waals surface area (Å²) in [5, 5.41) is 18.8. The van der Waals surface area contributed by atoms with Crippen LogP contribution >= 0.6 is 0 Å². The molecule has 0 fully saturated rings. The summed E-state index contributed by atoms with van der Waals surface area (Å²) in [7, 11) is -4.41. The Labute approximate surface area is 143 Å². The van der Waals surface area contributed by atoms with E-state index in [4.69, 9.17) is 9.66 Å². The first-order chi connectivity index (χ1) is 9.29. The van der Waals surface area contributed by atoms with Crippen molar-refractivity contribution in [3.05, 3.63) is 53.6 Å². The van der Waals surface area contributed by atoms with Gasteiger partial charge in [0, 0.05) is 11.6 Å². The van der Waals surface area contributed by atoms with Gasteiger partial charge in [-0.1, -0.05) is 12.1 Å². The molecular formula is C13H11NaO6S. The molecule has 2 aromatic rings. The Morgan fingerprint density at radius 2 is 1.67 bits per heavy atom. The summed E-state index contributed by atoms with van der Waals surface area (Å²) in [6, 6.07) is 8.23. The first kappa shape index (κ1) is 17.7. The molecule has 0 heterocycles. The Morgan fingerprint density at radius 1 is 1.00 bits per heavy atom. The maximum atomic E-state index is 12.1. The number of benzene rings is 2. The van der Waals surface area contributed by atoms with Crippen LogP contribution < -0.4 is 0 Å². The predicted molar refractivity (Wildman–Crippen MR) is 76.6 cm³/mol. The molecule has 0 saturated carbocycles. The molecule has 106 valence electrons. The van der Waals surface area contributed by atoms with Gasteiger partial charge in [0.15, 0.2) is 5.78 Å². The van der Waals surface area contributed by atoms with Gasteiger partial charge in [-0.2, -0.15) is 8.42 Å². The maximum absolute atomic E-state index is 12.1. The van der Waals surface area contributed by atoms with Crippen molar-refractivity contribution in [2.45, 2.75) is 4.90 Å². The molecule has 0 saturated heterocycles. The summed E-state index contributed by atoms with van der Waals surface area (Å²) in [5.74, 6) is -1.26. The van der Waals surface area contributed by atoms with Crippen LogP contribution in [-0.2, 0) is 10.1 Å². The molecule has 2 aromatic carbocycles. The van der Waals surface area contributed by atoms with Gasteiger partial charge in [0.1, 0.15) is 11.5 Å². The Hall–Kier alpha value is -1.38. The monoisotopic (exact) mass is 318 g/mol. The molecule has 6 nitrogen and oxygen atoms in total. The molecule has 21 heavy (non-hydrogen) atoms. The second-order valence-electron chi connectivity index (χ2n) is 4.03. The van der Waals surface area contributed by atoms with Crippen LogP contribution in [0.2, 0.25) is 0 Å². The van der Waals surface area contributed by atoms with E-state index in [-0.39, 0.29) is 46.4 Å². The summed E-state index contributed by atoms with van der Waals surface area (Å²) >= 11 is 0. The second-order valence-corrected chi connectivity index (χ2v) is 5.46. The van der Waals surface area contributed by atoms with E-state index in [1.54, 1.807) is 0 Å². The topological polar surface area (TPSA) is 112 Å². The number of aromatic hydroxyl groups is 2. The first-order valence-corrected chi connectivity index (χ1v) is 6.87. The fraction of sp³-hybridized carbons (Fsp3) is 0. The van der Waals surface area contributed by atoms with Gasteiger partial charge in [-0.15, -0.1) is 0 Å². The number of phenols is 2. The molecule has 2 rings (SSSR count). The van der Waals surface area contributed by atoms with Gasteiger partial charge in [0.25, 0.3) is 10.1 Å². The minimum atomic E-state index is -4.41. The van der Waals surface area contributed by atoms with Gasteiger partial charge >= 0.3 is 29.6 Å². The van der Waals surface area contributed by atoms with Crippen molar-refractivity contribution in [2.75, 3.05) is 0 Å². The Kier molecular flexibility index (Phi) is 5.54. The van der Waals surface area contributed by atoms with Crippen LogP contribution in [0.25, 0.3) is 0 Å². The average Bonchev–Trinajstić information content (AvgIpc) is 2.37. The number of hydrogen-bond acceptors (Lipinski definition) is 5. The van der Waals surface area contributed by atoms with E-state index in [0.29, 0.717) is 0 Å². The third-order valence-electron chi connectivity index (χ3n) is 2.62. The van der Waals surface area contributed by atoms with E-state index in [0.717, 1.165) is 18.2 Å². The third kappa shape index (κ3) is 4.05. The Bertz CT molecular complexity index is 785. The number of phenolic OH excluding ortho intramolecular Hbond substituents is 2. The third-order valence-corrected chi connectivity index (χ3v) is 3.47. The number of rotatable bonds is 3. The van der Waals surface area contributed by atoms with Crippen molar-refractivity contribution in [3.63, 3.8) is 0 Å². The Balaban J connectivity index is 0.00000220. The van der Waals surface area contributed by atoms with Gasteiger partial charge in [-0.05, 0) is 24.3 Å². The Morgan fingerprint density at radius 3 is 2.24 bits per heavy atom. The van der Waals surface area contributed by atoms with E-state index in [2.05, 4.69) is 0 Å². The molecule has 0 aliphatic rings. The normalized spacial score (nSPS) is 10.7. The molecular weight excluding hydrogens is 307 g/mol. The molecule has 0 bridgehead atoms. The fourth-order valence-electron chi connectivity index (χ4n) is 1.67. The van der Waals surface area contributed by atoms with Crippen LogP contribution in [0.5, 0.6) is 11.5 Å². The van der Waals surface area contributed by atoms with Crippen molar-refractivity contribution in [2.24, 2.45) is 0 Å². The van der Waals surface area contributed by atoms with Crippen molar-refractivity contribution < 1.29 is 28.0 Å². The molecule has 0 unspecified atom stereocenters. The van der Waals surface area contributed by atoms with Crippen LogP contribution in [0.15, 0.2) is 47.4 Å². The van der Waals surface area contributed by atoms with Crippen LogP contribution in [-0.4, -0.2) is 58.5 Å². The van der Waals surface area contributed by atoms with Crippen molar-refractivity contribution in [1.82, 2.24) is 0 Å². The summed E-state index contributed by atoms with van der Waals surface area (Å²) in [4.78, 5) is 11.7. The van der Waals surface area contributed by atoms with Crippen molar-refractivity contribution >= 4 is 45.5 Å². The molecule has 0 amide bonds. The van der Waals surface area contributed by atoms with Crippen molar-refractivity contribution in [3.8, 4) is 11.5 Å². The van der Waals surface area contributed by atoms with E-state index >= 15 is 0 Å². The molecule has 0 aliphatic heterocycles. The predicted octanol–water partition coefficient (Wildman–Crippen LogP) is 0.927. The molecule has 0 aromatic heterocycles.